The second-order valence-electron chi connectivity index (χ2n) is 6.42. The molecule has 1 aromatic rings. The van der Waals surface area contributed by atoms with E-state index in [1.807, 2.05) is 13.8 Å². The number of nitrogens with zero attached hydrogens (tertiary/aromatic N) is 2. The predicted molar refractivity (Wildman–Crippen MR) is 71.3 cm³/mol. The van der Waals surface area contributed by atoms with Gasteiger partial charge in [0.05, 0.1) is 18.4 Å². The molecule has 0 unspecified atom stereocenters. The SMILES string of the molecule is COC1(Cc2nnc(CC(C)(C)CC(=O)O)o2)CCC1. The van der Waals surface area contributed by atoms with Gasteiger partial charge in [-0.2, -0.15) is 0 Å². The van der Waals surface area contributed by atoms with Crippen molar-refractivity contribution in [2.24, 2.45) is 5.41 Å². The van der Waals surface area contributed by atoms with Crippen LogP contribution in [0, 0.1) is 5.41 Å². The first-order chi connectivity index (χ1) is 9.34. The van der Waals surface area contributed by atoms with Crippen LogP contribution in [0.1, 0.15) is 51.3 Å². The minimum absolute atomic E-state index is 0.0761. The lowest BCUT2D eigenvalue weighted by atomic mass is 9.77. The van der Waals surface area contributed by atoms with E-state index in [1.165, 1.54) is 6.42 Å². The van der Waals surface area contributed by atoms with Crippen LogP contribution in [0.25, 0.3) is 0 Å². The van der Waals surface area contributed by atoms with E-state index in [4.69, 9.17) is 14.3 Å². The van der Waals surface area contributed by atoms with E-state index in [0.29, 0.717) is 24.6 Å². The van der Waals surface area contributed by atoms with Gasteiger partial charge in [-0.25, -0.2) is 0 Å². The maximum Gasteiger partial charge on any atom is 0.303 e. The first-order valence-corrected chi connectivity index (χ1v) is 6.92. The maximum absolute atomic E-state index is 10.8. The van der Waals surface area contributed by atoms with Crippen molar-refractivity contribution in [3.05, 3.63) is 11.8 Å². The lowest BCUT2D eigenvalue weighted by Gasteiger charge is -2.39. The molecule has 0 spiro atoms. The zero-order valence-electron chi connectivity index (χ0n) is 12.3. The van der Waals surface area contributed by atoms with Gasteiger partial charge in [-0.05, 0) is 24.7 Å². The summed E-state index contributed by atoms with van der Waals surface area (Å²) in [5.41, 5.74) is -0.536. The van der Waals surface area contributed by atoms with E-state index < -0.39 is 11.4 Å². The average Bonchev–Trinajstić information content (AvgIpc) is 2.68. The van der Waals surface area contributed by atoms with E-state index in [0.717, 1.165) is 12.8 Å². The lowest BCUT2D eigenvalue weighted by Crippen LogP contribution is -2.41. The van der Waals surface area contributed by atoms with Crippen molar-refractivity contribution in [2.45, 2.75) is 58.0 Å². The number of methoxy groups -OCH3 is 1. The number of hydrogen-bond acceptors (Lipinski definition) is 5. The molecule has 1 aliphatic carbocycles. The molecule has 6 heteroatoms. The van der Waals surface area contributed by atoms with Gasteiger partial charge in [0, 0.05) is 13.5 Å². The summed E-state index contributed by atoms with van der Waals surface area (Å²) in [5.74, 6) is 0.257. The highest BCUT2D eigenvalue weighted by Crippen LogP contribution is 2.37. The summed E-state index contributed by atoms with van der Waals surface area (Å²) in [5, 5.41) is 16.9. The Morgan fingerprint density at radius 1 is 1.40 bits per heavy atom. The summed E-state index contributed by atoms with van der Waals surface area (Å²) in [6.45, 7) is 3.77. The molecule has 1 aromatic heterocycles. The second kappa shape index (κ2) is 5.52. The normalized spacial score (nSPS) is 17.8. The van der Waals surface area contributed by atoms with Gasteiger partial charge in [0.25, 0.3) is 0 Å². The Bertz CT molecular complexity index is 472. The van der Waals surface area contributed by atoms with Gasteiger partial charge in [-0.15, -0.1) is 10.2 Å². The monoisotopic (exact) mass is 282 g/mol. The van der Waals surface area contributed by atoms with Crippen molar-refractivity contribution >= 4 is 5.97 Å². The highest BCUT2D eigenvalue weighted by Gasteiger charge is 2.39. The van der Waals surface area contributed by atoms with Crippen LogP contribution in [-0.4, -0.2) is 34.0 Å². The van der Waals surface area contributed by atoms with Crippen LogP contribution in [0.15, 0.2) is 4.42 Å². The number of rotatable bonds is 7. The molecule has 1 saturated carbocycles. The molecule has 6 nitrogen and oxygen atoms in total. The number of carboxylic acids is 1. The first-order valence-electron chi connectivity index (χ1n) is 6.92. The van der Waals surface area contributed by atoms with Gasteiger partial charge in [0.2, 0.25) is 11.8 Å². The Morgan fingerprint density at radius 3 is 2.55 bits per heavy atom. The number of carboxylic acid groups (broad SMARTS) is 1. The molecule has 1 aliphatic rings. The minimum atomic E-state index is -0.817. The molecule has 0 aliphatic heterocycles. The molecule has 112 valence electrons. The maximum atomic E-state index is 10.8. The standard InChI is InChI=1S/C14H22N2O4/c1-13(2,9-12(17)18)7-10-15-16-11(20-10)8-14(19-3)5-4-6-14/h4-9H2,1-3H3,(H,17,18). The van der Waals surface area contributed by atoms with Gasteiger partial charge in [0.15, 0.2) is 0 Å². The van der Waals surface area contributed by atoms with Crippen LogP contribution in [0.2, 0.25) is 0 Å². The van der Waals surface area contributed by atoms with Crippen LogP contribution in [0.4, 0.5) is 0 Å². The smallest absolute Gasteiger partial charge is 0.303 e. The largest absolute Gasteiger partial charge is 0.481 e. The number of hydrogen-bond donors (Lipinski definition) is 1. The third-order valence-corrected chi connectivity index (χ3v) is 3.94. The van der Waals surface area contributed by atoms with Crippen molar-refractivity contribution in [1.29, 1.82) is 0 Å². The Labute approximate surface area is 118 Å². The Hall–Kier alpha value is -1.43. The third kappa shape index (κ3) is 3.56. The van der Waals surface area contributed by atoms with Gasteiger partial charge in [-0.3, -0.25) is 4.79 Å². The average molecular weight is 282 g/mol. The molecule has 20 heavy (non-hydrogen) atoms. The molecule has 0 amide bonds. The highest BCUT2D eigenvalue weighted by atomic mass is 16.5. The van der Waals surface area contributed by atoms with Gasteiger partial charge in [0.1, 0.15) is 0 Å². The zero-order valence-corrected chi connectivity index (χ0v) is 12.3. The highest BCUT2D eigenvalue weighted by molar-refractivity contribution is 5.67. The zero-order chi connectivity index (χ0) is 14.8. The minimum Gasteiger partial charge on any atom is -0.481 e. The number of aliphatic carboxylic acids is 1. The van der Waals surface area contributed by atoms with Crippen molar-refractivity contribution in [3.63, 3.8) is 0 Å². The number of carbonyl (C=O) groups is 1. The summed E-state index contributed by atoms with van der Waals surface area (Å²) in [4.78, 5) is 10.8. The predicted octanol–water partition coefficient (Wildman–Crippen LogP) is 2.22. The van der Waals surface area contributed by atoms with Crippen molar-refractivity contribution in [3.8, 4) is 0 Å². The topological polar surface area (TPSA) is 85.5 Å². The van der Waals surface area contributed by atoms with Crippen LogP contribution in [-0.2, 0) is 22.4 Å². The van der Waals surface area contributed by atoms with Crippen molar-refractivity contribution < 1.29 is 19.1 Å². The molecule has 0 radical (unpaired) electrons. The molecule has 2 rings (SSSR count). The first kappa shape index (κ1) is 15.0. The lowest BCUT2D eigenvalue weighted by molar-refractivity contribution is -0.139. The number of aromatic nitrogens is 2. The molecule has 0 bridgehead atoms. The second-order valence-corrected chi connectivity index (χ2v) is 6.42. The molecule has 0 aromatic carbocycles. The fraction of sp³-hybridized carbons (Fsp3) is 0.786. The Balaban J connectivity index is 1.97. The van der Waals surface area contributed by atoms with Gasteiger partial charge >= 0.3 is 5.97 Å². The van der Waals surface area contributed by atoms with Crippen LogP contribution >= 0.6 is 0 Å². The van der Waals surface area contributed by atoms with E-state index in [1.54, 1.807) is 7.11 Å². The van der Waals surface area contributed by atoms with E-state index in [-0.39, 0.29) is 12.0 Å². The number of ether oxygens (including phenoxy) is 1. The van der Waals surface area contributed by atoms with Gasteiger partial charge in [-0.1, -0.05) is 13.8 Å². The summed E-state index contributed by atoms with van der Waals surface area (Å²) < 4.78 is 11.2. The molecular weight excluding hydrogens is 260 g/mol. The summed E-state index contributed by atoms with van der Waals surface area (Å²) in [7, 11) is 1.71. The molecule has 1 N–H and O–H groups in total. The van der Waals surface area contributed by atoms with Crippen molar-refractivity contribution in [2.75, 3.05) is 7.11 Å². The fourth-order valence-corrected chi connectivity index (χ4v) is 2.61. The summed E-state index contributed by atoms with van der Waals surface area (Å²) in [6.07, 6.45) is 4.38. The van der Waals surface area contributed by atoms with Crippen LogP contribution in [0.5, 0.6) is 0 Å². The van der Waals surface area contributed by atoms with Crippen LogP contribution < -0.4 is 0 Å². The van der Waals surface area contributed by atoms with E-state index >= 15 is 0 Å². The quantitative estimate of drug-likeness (QED) is 0.825. The summed E-state index contributed by atoms with van der Waals surface area (Å²) >= 11 is 0. The van der Waals surface area contributed by atoms with Gasteiger partial charge < -0.3 is 14.3 Å². The van der Waals surface area contributed by atoms with Crippen molar-refractivity contribution in [1.82, 2.24) is 10.2 Å². The molecule has 1 fully saturated rings. The molecule has 0 atom stereocenters. The summed E-state index contributed by atoms with van der Waals surface area (Å²) in [6, 6.07) is 0. The molecule has 1 heterocycles. The molecular formula is C14H22N2O4. The fourth-order valence-electron chi connectivity index (χ4n) is 2.61. The third-order valence-electron chi connectivity index (χ3n) is 3.94. The van der Waals surface area contributed by atoms with E-state index in [9.17, 15) is 4.79 Å². The molecule has 0 saturated heterocycles. The Morgan fingerprint density at radius 2 is 2.05 bits per heavy atom. The van der Waals surface area contributed by atoms with E-state index in [2.05, 4.69) is 10.2 Å². The van der Waals surface area contributed by atoms with Crippen LogP contribution in [0.3, 0.4) is 0 Å². The Kier molecular flexibility index (Phi) is 4.13.